The van der Waals surface area contributed by atoms with Gasteiger partial charge in [0.05, 0.1) is 11.6 Å². The average Bonchev–Trinajstić information content (AvgIpc) is 3.07. The van der Waals surface area contributed by atoms with E-state index >= 15 is 0 Å². The van der Waals surface area contributed by atoms with Gasteiger partial charge in [-0.3, -0.25) is 0 Å². The number of aliphatic imine (C=N–C) groups is 1. The molecule has 0 unspecified atom stereocenters. The summed E-state index contributed by atoms with van der Waals surface area (Å²) in [4.78, 5) is 16.7. The summed E-state index contributed by atoms with van der Waals surface area (Å²) in [5.74, 6) is 1.12. The van der Waals surface area contributed by atoms with Crippen LogP contribution in [0, 0.1) is 0 Å². The lowest BCUT2D eigenvalue weighted by atomic mass is 10.0. The lowest BCUT2D eigenvalue weighted by Gasteiger charge is -2.14. The number of esters is 1. The van der Waals surface area contributed by atoms with Gasteiger partial charge in [0, 0.05) is 5.56 Å². The maximum absolute atomic E-state index is 12.4. The summed E-state index contributed by atoms with van der Waals surface area (Å²) in [6.45, 7) is 12.6. The van der Waals surface area contributed by atoms with Crippen molar-refractivity contribution in [1.29, 1.82) is 0 Å². The molecule has 0 saturated carbocycles. The minimum atomic E-state index is -0.514. The van der Waals surface area contributed by atoms with E-state index in [2.05, 4.69) is 25.4 Å². The summed E-state index contributed by atoms with van der Waals surface area (Å²) in [5.41, 5.74) is 3.66. The molecule has 0 spiro atoms. The zero-order valence-corrected chi connectivity index (χ0v) is 19.0. The van der Waals surface area contributed by atoms with Crippen LogP contribution in [0.3, 0.4) is 0 Å². The number of hydrogen-bond donors (Lipinski definition) is 0. The van der Waals surface area contributed by atoms with E-state index in [0.717, 1.165) is 11.1 Å². The summed E-state index contributed by atoms with van der Waals surface area (Å²) in [7, 11) is 0. The van der Waals surface area contributed by atoms with E-state index in [-0.39, 0.29) is 11.6 Å². The Morgan fingerprint density at radius 3 is 2.55 bits per heavy atom. The van der Waals surface area contributed by atoms with Crippen molar-refractivity contribution in [1.82, 2.24) is 0 Å². The van der Waals surface area contributed by atoms with Crippen LogP contribution in [0.15, 0.2) is 59.2 Å². The monoisotopic (exact) mass is 439 g/mol. The van der Waals surface area contributed by atoms with Gasteiger partial charge in [-0.25, -0.2) is 9.79 Å². The van der Waals surface area contributed by atoms with Gasteiger partial charge in [-0.05, 0) is 66.8 Å². The molecule has 2 aromatic rings. The van der Waals surface area contributed by atoms with Crippen LogP contribution >= 0.6 is 11.6 Å². The van der Waals surface area contributed by atoms with Crippen molar-refractivity contribution >= 4 is 29.5 Å². The Morgan fingerprint density at radius 2 is 1.94 bits per heavy atom. The lowest BCUT2D eigenvalue weighted by Crippen LogP contribution is -2.05. The van der Waals surface area contributed by atoms with Crippen molar-refractivity contribution in [2.24, 2.45) is 4.99 Å². The Morgan fingerprint density at radius 1 is 1.23 bits per heavy atom. The highest BCUT2D eigenvalue weighted by Gasteiger charge is 2.24. The van der Waals surface area contributed by atoms with Gasteiger partial charge in [0.25, 0.3) is 0 Å². The second-order valence-electron chi connectivity index (χ2n) is 7.62. The zero-order valence-electron chi connectivity index (χ0n) is 18.2. The molecular formula is C25H26ClNO4. The third-order valence-corrected chi connectivity index (χ3v) is 4.82. The average molecular weight is 440 g/mol. The quantitative estimate of drug-likeness (QED) is 0.280. The minimum absolute atomic E-state index is 0.192. The van der Waals surface area contributed by atoms with E-state index in [1.807, 2.05) is 38.1 Å². The Kier molecular flexibility index (Phi) is 7.18. The third-order valence-electron chi connectivity index (χ3n) is 4.54. The molecule has 1 aliphatic rings. The Balaban J connectivity index is 1.91. The van der Waals surface area contributed by atoms with Gasteiger partial charge < -0.3 is 14.2 Å². The van der Waals surface area contributed by atoms with Crippen LogP contribution in [0.5, 0.6) is 11.5 Å². The van der Waals surface area contributed by atoms with Gasteiger partial charge in [-0.15, -0.1) is 0 Å². The maximum atomic E-state index is 12.4. The van der Waals surface area contributed by atoms with Gasteiger partial charge in [-0.2, -0.15) is 0 Å². The SMILES string of the molecule is C=C(C)COc1c(Cl)cc(/C=C2\N=C(c3ccc(C(C)C)cc3)OC2=O)cc1OCC. The molecule has 3 rings (SSSR count). The van der Waals surface area contributed by atoms with Crippen LogP contribution in [-0.2, 0) is 9.53 Å². The van der Waals surface area contributed by atoms with E-state index in [1.165, 1.54) is 5.56 Å². The van der Waals surface area contributed by atoms with Crippen molar-refractivity contribution in [2.45, 2.75) is 33.6 Å². The van der Waals surface area contributed by atoms with Crippen molar-refractivity contribution < 1.29 is 19.0 Å². The number of benzene rings is 2. The Bertz CT molecular complexity index is 1050. The number of halogens is 1. The smallest absolute Gasteiger partial charge is 0.363 e. The topological polar surface area (TPSA) is 57.1 Å². The van der Waals surface area contributed by atoms with E-state index in [9.17, 15) is 4.79 Å². The molecule has 5 nitrogen and oxygen atoms in total. The second-order valence-corrected chi connectivity index (χ2v) is 8.03. The zero-order chi connectivity index (χ0) is 22.5. The standard InChI is InChI=1S/C25H26ClNO4/c1-6-29-22-13-17(11-20(26)23(22)30-14-15(2)3)12-21-25(28)31-24(27-21)19-9-7-18(8-10-19)16(4)5/h7-13,16H,2,6,14H2,1,3-5H3/b21-12-. The summed E-state index contributed by atoms with van der Waals surface area (Å²) < 4.78 is 16.8. The van der Waals surface area contributed by atoms with Gasteiger partial charge in [0.2, 0.25) is 5.90 Å². The van der Waals surface area contributed by atoms with E-state index in [4.69, 9.17) is 25.8 Å². The maximum Gasteiger partial charge on any atom is 0.363 e. The highest BCUT2D eigenvalue weighted by atomic mass is 35.5. The van der Waals surface area contributed by atoms with Crippen LogP contribution in [0.4, 0.5) is 0 Å². The van der Waals surface area contributed by atoms with Gasteiger partial charge >= 0.3 is 5.97 Å². The fourth-order valence-electron chi connectivity index (χ4n) is 2.97. The minimum Gasteiger partial charge on any atom is -0.490 e. The first-order valence-electron chi connectivity index (χ1n) is 10.1. The molecule has 0 aromatic heterocycles. The number of rotatable bonds is 8. The van der Waals surface area contributed by atoms with Crippen molar-refractivity contribution in [2.75, 3.05) is 13.2 Å². The highest BCUT2D eigenvalue weighted by Crippen LogP contribution is 2.38. The number of hydrogen-bond acceptors (Lipinski definition) is 5. The summed E-state index contributed by atoms with van der Waals surface area (Å²) in [6.07, 6.45) is 1.62. The molecule has 0 aliphatic carbocycles. The fraction of sp³-hybridized carbons (Fsp3) is 0.280. The van der Waals surface area contributed by atoms with Crippen LogP contribution in [0.25, 0.3) is 6.08 Å². The van der Waals surface area contributed by atoms with E-state index < -0.39 is 5.97 Å². The molecule has 0 amide bonds. The molecule has 0 radical (unpaired) electrons. The van der Waals surface area contributed by atoms with Gasteiger partial charge in [-0.1, -0.05) is 44.2 Å². The number of nitrogens with zero attached hydrogens (tertiary/aromatic N) is 1. The molecule has 2 aromatic carbocycles. The Hall–Kier alpha value is -3.05. The normalized spacial score (nSPS) is 14.6. The number of carbonyl (C=O) groups is 1. The summed E-state index contributed by atoms with van der Waals surface area (Å²) >= 11 is 6.42. The second kappa shape index (κ2) is 9.84. The molecular weight excluding hydrogens is 414 g/mol. The molecule has 31 heavy (non-hydrogen) atoms. The summed E-state index contributed by atoms with van der Waals surface area (Å²) in [5, 5.41) is 0.374. The van der Waals surface area contributed by atoms with E-state index in [1.54, 1.807) is 18.2 Å². The largest absolute Gasteiger partial charge is 0.490 e. The molecule has 0 N–H and O–H groups in total. The molecule has 6 heteroatoms. The van der Waals surface area contributed by atoms with Gasteiger partial charge in [0.15, 0.2) is 17.2 Å². The predicted molar refractivity (Wildman–Crippen MR) is 124 cm³/mol. The fourth-order valence-corrected chi connectivity index (χ4v) is 3.24. The summed E-state index contributed by atoms with van der Waals surface area (Å²) in [6, 6.07) is 11.3. The number of carbonyl (C=O) groups excluding carboxylic acids is 1. The van der Waals surface area contributed by atoms with Crippen LogP contribution in [0.1, 0.15) is 50.3 Å². The van der Waals surface area contributed by atoms with Crippen molar-refractivity contribution in [3.05, 3.63) is 76.0 Å². The molecule has 162 valence electrons. The molecule has 1 aliphatic heterocycles. The first-order chi connectivity index (χ1) is 14.8. The van der Waals surface area contributed by atoms with Crippen LogP contribution < -0.4 is 9.47 Å². The Labute approximate surface area is 188 Å². The van der Waals surface area contributed by atoms with Crippen molar-refractivity contribution in [3.63, 3.8) is 0 Å². The first-order valence-corrected chi connectivity index (χ1v) is 10.5. The van der Waals surface area contributed by atoms with Crippen LogP contribution in [-0.4, -0.2) is 25.1 Å². The molecule has 0 atom stereocenters. The predicted octanol–water partition coefficient (Wildman–Crippen LogP) is 6.16. The molecule has 0 bridgehead atoms. The molecule has 0 saturated heterocycles. The molecule has 1 heterocycles. The van der Waals surface area contributed by atoms with E-state index in [0.29, 0.717) is 41.2 Å². The van der Waals surface area contributed by atoms with Crippen molar-refractivity contribution in [3.8, 4) is 11.5 Å². The van der Waals surface area contributed by atoms with Gasteiger partial charge in [0.1, 0.15) is 6.61 Å². The lowest BCUT2D eigenvalue weighted by molar-refractivity contribution is -0.129. The molecule has 0 fully saturated rings. The number of ether oxygens (including phenoxy) is 3. The van der Waals surface area contributed by atoms with Crippen LogP contribution in [0.2, 0.25) is 5.02 Å². The number of cyclic esters (lactones) is 1. The first kappa shape index (κ1) is 22.6. The highest BCUT2D eigenvalue weighted by molar-refractivity contribution is 6.32. The third kappa shape index (κ3) is 5.56.